The van der Waals surface area contributed by atoms with Crippen molar-refractivity contribution in [2.75, 3.05) is 13.7 Å². The van der Waals surface area contributed by atoms with Crippen molar-refractivity contribution in [3.05, 3.63) is 65.7 Å². The molecule has 0 spiro atoms. The second kappa shape index (κ2) is 9.03. The fourth-order valence-electron chi connectivity index (χ4n) is 3.94. The summed E-state index contributed by atoms with van der Waals surface area (Å²) in [4.78, 5) is 40.6. The summed E-state index contributed by atoms with van der Waals surface area (Å²) in [6, 6.07) is 16.7. The van der Waals surface area contributed by atoms with Crippen molar-refractivity contribution in [3.63, 3.8) is 0 Å². The van der Waals surface area contributed by atoms with E-state index in [9.17, 15) is 14.4 Å². The lowest BCUT2D eigenvalue weighted by atomic mass is 9.69. The van der Waals surface area contributed by atoms with Crippen LogP contribution in [0.1, 0.15) is 43.7 Å². The van der Waals surface area contributed by atoms with Crippen LogP contribution in [-0.2, 0) is 26.3 Å². The van der Waals surface area contributed by atoms with Gasteiger partial charge in [0.2, 0.25) is 5.91 Å². The molecule has 0 saturated carbocycles. The molecule has 0 N–H and O–H groups in total. The third kappa shape index (κ3) is 4.24. The zero-order valence-electron chi connectivity index (χ0n) is 17.0. The molecule has 3 rings (SSSR count). The molecule has 5 nitrogen and oxygen atoms in total. The van der Waals surface area contributed by atoms with Crippen LogP contribution in [0, 0.1) is 0 Å². The minimum absolute atomic E-state index is 0.0631. The highest BCUT2D eigenvalue weighted by atomic mass is 16.5. The van der Waals surface area contributed by atoms with Crippen LogP contribution in [0.15, 0.2) is 54.6 Å². The molecule has 1 saturated heterocycles. The predicted molar refractivity (Wildman–Crippen MR) is 111 cm³/mol. The monoisotopic (exact) mass is 393 g/mol. The molecule has 1 amide bonds. The molecule has 1 fully saturated rings. The Balaban J connectivity index is 1.93. The molecular formula is C24H27NO4. The Morgan fingerprint density at radius 3 is 2.38 bits per heavy atom. The number of nitrogens with zero attached hydrogens (tertiary/aromatic N) is 1. The number of Topliss-reactive ketones (excluding diaryl/α,β-unsaturated/α-hetero) is 2. The van der Waals surface area contributed by atoms with Gasteiger partial charge in [-0.2, -0.15) is 0 Å². The minimum atomic E-state index is -1.28. The fraction of sp³-hybridized carbons (Fsp3) is 0.375. The summed E-state index contributed by atoms with van der Waals surface area (Å²) in [5.74, 6) is 0.516. The second-order valence-corrected chi connectivity index (χ2v) is 7.41. The lowest BCUT2D eigenvalue weighted by Crippen LogP contribution is -2.56. The third-order valence-electron chi connectivity index (χ3n) is 5.71. The van der Waals surface area contributed by atoms with Gasteiger partial charge in [0.05, 0.1) is 7.11 Å². The van der Waals surface area contributed by atoms with Crippen LogP contribution in [0.2, 0.25) is 0 Å². The fourth-order valence-corrected chi connectivity index (χ4v) is 3.94. The van der Waals surface area contributed by atoms with Crippen molar-refractivity contribution in [2.24, 2.45) is 0 Å². The van der Waals surface area contributed by atoms with E-state index in [1.807, 2.05) is 54.6 Å². The van der Waals surface area contributed by atoms with Crippen molar-refractivity contribution < 1.29 is 19.1 Å². The Kier molecular flexibility index (Phi) is 6.47. The Hall–Kier alpha value is -2.95. The maximum Gasteiger partial charge on any atom is 0.241 e. The molecule has 0 aliphatic carbocycles. The number of ketones is 2. The van der Waals surface area contributed by atoms with Gasteiger partial charge >= 0.3 is 0 Å². The van der Waals surface area contributed by atoms with Gasteiger partial charge in [-0.15, -0.1) is 0 Å². The number of likely N-dealkylation sites (tertiary alicyclic amines) is 1. The van der Waals surface area contributed by atoms with Gasteiger partial charge in [-0.05, 0) is 29.7 Å². The Morgan fingerprint density at radius 1 is 1.07 bits per heavy atom. The zero-order valence-corrected chi connectivity index (χ0v) is 17.0. The van der Waals surface area contributed by atoms with Crippen LogP contribution in [-0.4, -0.2) is 36.0 Å². The zero-order chi connectivity index (χ0) is 20.9. The lowest BCUT2D eigenvalue weighted by Gasteiger charge is -2.41. The molecule has 1 unspecified atom stereocenters. The van der Waals surface area contributed by atoms with Gasteiger partial charge in [-0.25, -0.2) is 0 Å². The number of methoxy groups -OCH3 is 1. The number of rotatable bonds is 8. The van der Waals surface area contributed by atoms with Crippen LogP contribution in [0.5, 0.6) is 5.75 Å². The van der Waals surface area contributed by atoms with E-state index in [0.717, 1.165) is 11.3 Å². The van der Waals surface area contributed by atoms with Crippen molar-refractivity contribution in [3.8, 4) is 5.75 Å². The van der Waals surface area contributed by atoms with Crippen molar-refractivity contribution in [1.82, 2.24) is 4.90 Å². The molecule has 1 atom stereocenters. The van der Waals surface area contributed by atoms with E-state index in [0.29, 0.717) is 25.1 Å². The van der Waals surface area contributed by atoms with Gasteiger partial charge < -0.3 is 9.64 Å². The minimum Gasteiger partial charge on any atom is -0.497 e. The molecular weight excluding hydrogens is 366 g/mol. The average Bonchev–Trinajstić information content (AvgIpc) is 2.77. The Bertz CT molecular complexity index is 876. The first-order valence-electron chi connectivity index (χ1n) is 10.0. The highest BCUT2D eigenvalue weighted by Gasteiger charge is 2.51. The van der Waals surface area contributed by atoms with Gasteiger partial charge in [-0.3, -0.25) is 14.4 Å². The van der Waals surface area contributed by atoms with Crippen molar-refractivity contribution >= 4 is 17.5 Å². The van der Waals surface area contributed by atoms with E-state index in [-0.39, 0.29) is 36.7 Å². The van der Waals surface area contributed by atoms with Gasteiger partial charge in [0.15, 0.2) is 5.78 Å². The number of amides is 1. The Labute approximate surface area is 171 Å². The normalized spacial score (nSPS) is 19.3. The number of ether oxygens (including phenoxy) is 1. The standard InChI is InChI=1S/C24H27NO4/c1-3-20(26)13-15-24(19-7-5-4-6-8-19)22(27)14-16-25(23(24)28)17-18-9-11-21(29-2)12-10-18/h4-12H,3,13-17H2,1-2H3. The van der Waals surface area contributed by atoms with Gasteiger partial charge in [0.1, 0.15) is 16.9 Å². The maximum atomic E-state index is 13.7. The van der Waals surface area contributed by atoms with Crippen LogP contribution in [0.25, 0.3) is 0 Å². The first-order chi connectivity index (χ1) is 14.0. The summed E-state index contributed by atoms with van der Waals surface area (Å²) in [6.07, 6.45) is 1.14. The van der Waals surface area contributed by atoms with E-state index in [1.165, 1.54) is 0 Å². The lowest BCUT2D eigenvalue weighted by molar-refractivity contribution is -0.149. The van der Waals surface area contributed by atoms with Gasteiger partial charge in [0.25, 0.3) is 0 Å². The number of hydrogen-bond acceptors (Lipinski definition) is 4. The van der Waals surface area contributed by atoms with E-state index in [4.69, 9.17) is 4.74 Å². The van der Waals surface area contributed by atoms with Crippen molar-refractivity contribution in [1.29, 1.82) is 0 Å². The maximum absolute atomic E-state index is 13.7. The number of carbonyl (C=O) groups is 3. The van der Waals surface area contributed by atoms with Crippen LogP contribution >= 0.6 is 0 Å². The number of carbonyl (C=O) groups excluding carboxylic acids is 3. The molecule has 5 heteroatoms. The number of benzene rings is 2. The number of piperidine rings is 1. The molecule has 0 bridgehead atoms. The first-order valence-corrected chi connectivity index (χ1v) is 10.0. The predicted octanol–water partition coefficient (Wildman–Crippen LogP) is 3.69. The van der Waals surface area contributed by atoms with Crippen molar-refractivity contribution in [2.45, 2.75) is 44.6 Å². The molecule has 1 heterocycles. The molecule has 0 radical (unpaired) electrons. The summed E-state index contributed by atoms with van der Waals surface area (Å²) >= 11 is 0. The quantitative estimate of drug-likeness (QED) is 0.642. The van der Waals surface area contributed by atoms with E-state index in [1.54, 1.807) is 18.9 Å². The Morgan fingerprint density at radius 2 is 1.76 bits per heavy atom. The molecule has 2 aromatic rings. The summed E-state index contributed by atoms with van der Waals surface area (Å²) in [7, 11) is 1.61. The van der Waals surface area contributed by atoms with Crippen LogP contribution in [0.4, 0.5) is 0 Å². The molecule has 1 aliphatic heterocycles. The summed E-state index contributed by atoms with van der Waals surface area (Å²) in [5, 5.41) is 0. The second-order valence-electron chi connectivity index (χ2n) is 7.41. The molecule has 29 heavy (non-hydrogen) atoms. The molecule has 1 aliphatic rings. The summed E-state index contributed by atoms with van der Waals surface area (Å²) < 4.78 is 5.19. The topological polar surface area (TPSA) is 63.7 Å². The van der Waals surface area contributed by atoms with Crippen LogP contribution < -0.4 is 4.74 Å². The molecule has 0 aromatic heterocycles. The largest absolute Gasteiger partial charge is 0.497 e. The number of hydrogen-bond donors (Lipinski definition) is 0. The SMILES string of the molecule is CCC(=O)CCC1(c2ccccc2)C(=O)CCN(Cc2ccc(OC)cc2)C1=O. The smallest absolute Gasteiger partial charge is 0.241 e. The van der Waals surface area contributed by atoms with Gasteiger partial charge in [0, 0.05) is 32.4 Å². The molecule has 2 aromatic carbocycles. The third-order valence-corrected chi connectivity index (χ3v) is 5.71. The first kappa shape index (κ1) is 20.8. The summed E-state index contributed by atoms with van der Waals surface area (Å²) in [6.45, 7) is 2.62. The van der Waals surface area contributed by atoms with E-state index < -0.39 is 5.41 Å². The van der Waals surface area contributed by atoms with Crippen LogP contribution in [0.3, 0.4) is 0 Å². The highest BCUT2D eigenvalue weighted by molar-refractivity contribution is 6.13. The average molecular weight is 393 g/mol. The molecule has 152 valence electrons. The highest BCUT2D eigenvalue weighted by Crippen LogP contribution is 2.37. The summed E-state index contributed by atoms with van der Waals surface area (Å²) in [5.41, 5.74) is 0.370. The van der Waals surface area contributed by atoms with E-state index in [2.05, 4.69) is 0 Å². The van der Waals surface area contributed by atoms with E-state index >= 15 is 0 Å². The van der Waals surface area contributed by atoms with Gasteiger partial charge in [-0.1, -0.05) is 49.4 Å².